The molecule has 2 aliphatic heterocycles. The number of aromatic carboxylic acids is 1. The maximum atomic E-state index is 14.6. The SMILES string of the molecule is CN1CCc2c(C(=O)O)c(=O)c3cc(F)c(N4CCCC4)cc3n21. The summed E-state index contributed by atoms with van der Waals surface area (Å²) in [6.07, 6.45) is 2.53. The topological polar surface area (TPSA) is 65.8 Å². The molecule has 0 spiro atoms. The van der Waals surface area contributed by atoms with Crippen LogP contribution in [-0.4, -0.2) is 42.4 Å². The number of aromatic nitrogens is 1. The van der Waals surface area contributed by atoms with Gasteiger partial charge in [0.1, 0.15) is 11.4 Å². The number of pyridine rings is 1. The van der Waals surface area contributed by atoms with Crippen LogP contribution >= 0.6 is 0 Å². The van der Waals surface area contributed by atoms with E-state index in [0.717, 1.165) is 25.9 Å². The van der Waals surface area contributed by atoms with Gasteiger partial charge >= 0.3 is 5.97 Å². The highest BCUT2D eigenvalue weighted by Gasteiger charge is 2.29. The van der Waals surface area contributed by atoms with E-state index in [4.69, 9.17) is 0 Å². The lowest BCUT2D eigenvalue weighted by Crippen LogP contribution is -2.30. The fourth-order valence-corrected chi connectivity index (χ4v) is 3.83. The zero-order chi connectivity index (χ0) is 17.0. The third-order valence-corrected chi connectivity index (χ3v) is 4.98. The van der Waals surface area contributed by atoms with Gasteiger partial charge in [0.2, 0.25) is 5.43 Å². The van der Waals surface area contributed by atoms with Gasteiger partial charge in [0.25, 0.3) is 0 Å². The molecule has 1 aromatic carbocycles. The zero-order valence-corrected chi connectivity index (χ0v) is 13.4. The molecule has 0 radical (unpaired) electrons. The van der Waals surface area contributed by atoms with E-state index in [0.29, 0.717) is 29.9 Å². The lowest BCUT2D eigenvalue weighted by Gasteiger charge is -2.23. The number of carbonyl (C=O) groups is 1. The van der Waals surface area contributed by atoms with Gasteiger partial charge in [-0.3, -0.25) is 9.47 Å². The van der Waals surface area contributed by atoms with Crippen LogP contribution in [0.1, 0.15) is 28.9 Å². The van der Waals surface area contributed by atoms with Gasteiger partial charge in [-0.2, -0.15) is 0 Å². The molecule has 0 bridgehead atoms. The van der Waals surface area contributed by atoms with Crippen molar-refractivity contribution in [3.63, 3.8) is 0 Å². The molecule has 0 aliphatic carbocycles. The van der Waals surface area contributed by atoms with Crippen molar-refractivity contribution in [3.8, 4) is 0 Å². The van der Waals surface area contributed by atoms with E-state index < -0.39 is 17.2 Å². The number of carboxylic acids is 1. The van der Waals surface area contributed by atoms with Crippen LogP contribution in [-0.2, 0) is 6.42 Å². The van der Waals surface area contributed by atoms with E-state index in [1.807, 2.05) is 17.0 Å². The van der Waals surface area contributed by atoms with Gasteiger partial charge in [-0.1, -0.05) is 0 Å². The first-order valence-corrected chi connectivity index (χ1v) is 8.10. The minimum atomic E-state index is -1.26. The minimum Gasteiger partial charge on any atom is -0.477 e. The second-order valence-corrected chi connectivity index (χ2v) is 6.41. The molecule has 24 heavy (non-hydrogen) atoms. The molecule has 1 saturated heterocycles. The first-order chi connectivity index (χ1) is 11.5. The normalized spacial score (nSPS) is 16.9. The summed E-state index contributed by atoms with van der Waals surface area (Å²) in [5, 5.41) is 11.4. The smallest absolute Gasteiger partial charge is 0.341 e. The molecule has 2 aliphatic rings. The van der Waals surface area contributed by atoms with Crippen LogP contribution in [0.3, 0.4) is 0 Å². The van der Waals surface area contributed by atoms with Crippen LogP contribution in [0.5, 0.6) is 0 Å². The van der Waals surface area contributed by atoms with Crippen molar-refractivity contribution in [2.75, 3.05) is 36.6 Å². The third kappa shape index (κ3) is 2.00. The first kappa shape index (κ1) is 15.0. The van der Waals surface area contributed by atoms with Crippen LogP contribution in [0.25, 0.3) is 10.9 Å². The number of carboxylic acid groups (broad SMARTS) is 1. The number of nitrogens with zero attached hydrogens (tertiary/aromatic N) is 3. The Morgan fingerprint density at radius 3 is 2.58 bits per heavy atom. The van der Waals surface area contributed by atoms with E-state index in [1.165, 1.54) is 6.07 Å². The number of likely N-dealkylation sites (N-methyl/N-ethyl adjacent to an activating group) is 1. The lowest BCUT2D eigenvalue weighted by molar-refractivity contribution is 0.0694. The van der Waals surface area contributed by atoms with E-state index >= 15 is 0 Å². The standard InChI is InChI=1S/C17H18FN3O3/c1-19-7-4-12-15(17(23)24)16(22)10-8-11(18)14(9-13(10)21(12)19)20-5-2-3-6-20/h8-9H,2-7H2,1H3,(H,23,24). The highest BCUT2D eigenvalue weighted by Crippen LogP contribution is 2.30. The van der Waals surface area contributed by atoms with Crippen molar-refractivity contribution in [2.24, 2.45) is 0 Å². The Hall–Kier alpha value is -2.57. The van der Waals surface area contributed by atoms with E-state index in [9.17, 15) is 19.1 Å². The van der Waals surface area contributed by atoms with E-state index in [-0.39, 0.29) is 10.9 Å². The third-order valence-electron chi connectivity index (χ3n) is 4.98. The highest BCUT2D eigenvalue weighted by atomic mass is 19.1. The molecule has 3 heterocycles. The van der Waals surface area contributed by atoms with Crippen molar-refractivity contribution < 1.29 is 14.3 Å². The van der Waals surface area contributed by atoms with Crippen LogP contribution in [0.2, 0.25) is 0 Å². The van der Waals surface area contributed by atoms with Gasteiger partial charge in [-0.25, -0.2) is 9.18 Å². The lowest BCUT2D eigenvalue weighted by atomic mass is 10.1. The fraction of sp³-hybridized carbons (Fsp3) is 0.412. The molecule has 7 heteroatoms. The first-order valence-electron chi connectivity index (χ1n) is 8.10. The Balaban J connectivity index is 2.07. The van der Waals surface area contributed by atoms with Crippen LogP contribution in [0.15, 0.2) is 16.9 Å². The van der Waals surface area contributed by atoms with Gasteiger partial charge in [-0.05, 0) is 25.0 Å². The summed E-state index contributed by atoms with van der Waals surface area (Å²) in [7, 11) is 1.84. The molecule has 6 nitrogen and oxygen atoms in total. The van der Waals surface area contributed by atoms with E-state index in [1.54, 1.807) is 10.7 Å². The van der Waals surface area contributed by atoms with Gasteiger partial charge in [0.05, 0.1) is 22.3 Å². The number of benzene rings is 1. The molecule has 4 rings (SSSR count). The predicted octanol–water partition coefficient (Wildman–Crippen LogP) is 1.56. The van der Waals surface area contributed by atoms with Gasteiger partial charge in [0.15, 0.2) is 0 Å². The Morgan fingerprint density at radius 2 is 1.92 bits per heavy atom. The summed E-state index contributed by atoms with van der Waals surface area (Å²) in [6, 6.07) is 2.88. The largest absolute Gasteiger partial charge is 0.477 e. The molecule has 1 N–H and O–H groups in total. The number of halogens is 1. The molecule has 2 aromatic rings. The second kappa shape index (κ2) is 5.22. The second-order valence-electron chi connectivity index (χ2n) is 6.41. The van der Waals surface area contributed by atoms with Crippen LogP contribution < -0.4 is 15.3 Å². The summed E-state index contributed by atoms with van der Waals surface area (Å²) < 4.78 is 16.3. The molecular weight excluding hydrogens is 313 g/mol. The maximum Gasteiger partial charge on any atom is 0.341 e. The Bertz CT molecular complexity index is 916. The van der Waals surface area contributed by atoms with Gasteiger partial charge in [-0.15, -0.1) is 0 Å². The molecule has 0 amide bonds. The summed E-state index contributed by atoms with van der Waals surface area (Å²) in [5.74, 6) is -1.73. The van der Waals surface area contributed by atoms with Crippen molar-refractivity contribution in [1.82, 2.24) is 4.68 Å². The Labute approximate surface area is 137 Å². The number of hydrogen-bond donors (Lipinski definition) is 1. The van der Waals surface area contributed by atoms with Gasteiger partial charge in [0, 0.05) is 33.1 Å². The number of hydrogen-bond acceptors (Lipinski definition) is 4. The Morgan fingerprint density at radius 1 is 1.21 bits per heavy atom. The molecule has 126 valence electrons. The summed E-state index contributed by atoms with van der Waals surface area (Å²) in [4.78, 5) is 26.2. The summed E-state index contributed by atoms with van der Waals surface area (Å²) in [5.41, 5.74) is 0.688. The molecule has 0 saturated carbocycles. The van der Waals surface area contributed by atoms with Crippen LogP contribution in [0.4, 0.5) is 10.1 Å². The van der Waals surface area contributed by atoms with Crippen molar-refractivity contribution in [3.05, 3.63) is 39.4 Å². The molecular formula is C17H18FN3O3. The maximum absolute atomic E-state index is 14.6. The quantitative estimate of drug-likeness (QED) is 0.905. The average molecular weight is 331 g/mol. The number of fused-ring (bicyclic) bond motifs is 3. The zero-order valence-electron chi connectivity index (χ0n) is 13.4. The summed E-state index contributed by atoms with van der Waals surface area (Å²) >= 11 is 0. The van der Waals surface area contributed by atoms with E-state index in [2.05, 4.69) is 0 Å². The molecule has 1 fully saturated rings. The molecule has 0 atom stereocenters. The number of anilines is 1. The van der Waals surface area contributed by atoms with Crippen molar-refractivity contribution in [1.29, 1.82) is 0 Å². The van der Waals surface area contributed by atoms with Crippen molar-refractivity contribution >= 4 is 22.6 Å². The fourth-order valence-electron chi connectivity index (χ4n) is 3.83. The van der Waals surface area contributed by atoms with Crippen LogP contribution in [0, 0.1) is 5.82 Å². The molecule has 0 unspecified atom stereocenters. The molecule has 1 aromatic heterocycles. The average Bonchev–Trinajstić information content (AvgIpc) is 3.17. The predicted molar refractivity (Wildman–Crippen MR) is 89.3 cm³/mol. The van der Waals surface area contributed by atoms with Gasteiger partial charge < -0.3 is 15.0 Å². The monoisotopic (exact) mass is 331 g/mol. The Kier molecular flexibility index (Phi) is 3.26. The number of rotatable bonds is 2. The highest BCUT2D eigenvalue weighted by molar-refractivity contribution is 5.95. The van der Waals surface area contributed by atoms with Crippen molar-refractivity contribution in [2.45, 2.75) is 19.3 Å². The minimum absolute atomic E-state index is 0.116. The summed E-state index contributed by atoms with van der Waals surface area (Å²) in [6.45, 7) is 2.21.